The molecule has 2 heterocycles. The van der Waals surface area contributed by atoms with Gasteiger partial charge < -0.3 is 10.1 Å². The third-order valence-electron chi connectivity index (χ3n) is 3.60. The van der Waals surface area contributed by atoms with Crippen LogP contribution in [0.25, 0.3) is 0 Å². The lowest BCUT2D eigenvalue weighted by molar-refractivity contribution is -0.116. The van der Waals surface area contributed by atoms with Gasteiger partial charge in [-0.1, -0.05) is 0 Å². The summed E-state index contributed by atoms with van der Waals surface area (Å²) in [6.45, 7) is 8.29. The van der Waals surface area contributed by atoms with E-state index in [2.05, 4.69) is 10.4 Å². The fourth-order valence-electron chi connectivity index (χ4n) is 2.19. The summed E-state index contributed by atoms with van der Waals surface area (Å²) in [6, 6.07) is 1.89. The highest BCUT2D eigenvalue weighted by Gasteiger charge is 2.21. The number of anilines is 1. The Kier molecular flexibility index (Phi) is 5.54. The van der Waals surface area contributed by atoms with Gasteiger partial charge in [0, 0.05) is 29.7 Å². The van der Waals surface area contributed by atoms with Gasteiger partial charge in [-0.25, -0.2) is 4.79 Å². The number of amides is 1. The molecule has 124 valence electrons. The van der Waals surface area contributed by atoms with Gasteiger partial charge in [0.2, 0.25) is 5.91 Å². The van der Waals surface area contributed by atoms with Crippen molar-refractivity contribution in [1.29, 1.82) is 0 Å². The van der Waals surface area contributed by atoms with E-state index < -0.39 is 5.97 Å². The summed E-state index contributed by atoms with van der Waals surface area (Å²) in [6.07, 6.45) is 2.00. The topological polar surface area (TPSA) is 73.2 Å². The second-order valence-corrected chi connectivity index (χ2v) is 6.43. The van der Waals surface area contributed by atoms with Crippen LogP contribution in [0.3, 0.4) is 0 Å². The minimum absolute atomic E-state index is 0.147. The van der Waals surface area contributed by atoms with Gasteiger partial charge in [-0.2, -0.15) is 5.10 Å². The molecule has 0 aliphatic rings. The van der Waals surface area contributed by atoms with Crippen molar-refractivity contribution in [2.75, 3.05) is 11.9 Å². The molecule has 0 atom stereocenters. The van der Waals surface area contributed by atoms with Crippen molar-refractivity contribution in [1.82, 2.24) is 9.78 Å². The maximum absolute atomic E-state index is 12.2. The van der Waals surface area contributed by atoms with Crippen molar-refractivity contribution in [3.8, 4) is 0 Å². The van der Waals surface area contributed by atoms with Crippen LogP contribution >= 0.6 is 11.3 Å². The number of hydrogen-bond donors (Lipinski definition) is 1. The summed E-state index contributed by atoms with van der Waals surface area (Å²) >= 11 is 1.39. The lowest BCUT2D eigenvalue weighted by Gasteiger charge is -2.08. The van der Waals surface area contributed by atoms with Crippen LogP contribution in [0.5, 0.6) is 0 Å². The van der Waals surface area contributed by atoms with Crippen molar-refractivity contribution in [3.63, 3.8) is 0 Å². The fourth-order valence-corrected chi connectivity index (χ4v) is 3.26. The highest BCUT2D eigenvalue weighted by atomic mass is 32.1. The molecular formula is C16H21N3O3S. The molecule has 2 aromatic heterocycles. The summed E-state index contributed by atoms with van der Waals surface area (Å²) in [4.78, 5) is 25.3. The molecule has 1 N–H and O–H groups in total. The number of thiophene rings is 1. The smallest absolute Gasteiger partial charge is 0.341 e. The number of ether oxygens (including phenoxy) is 1. The van der Waals surface area contributed by atoms with Gasteiger partial charge in [-0.05, 0) is 39.3 Å². The third-order valence-corrected chi connectivity index (χ3v) is 4.72. The number of nitrogens with one attached hydrogen (secondary N) is 1. The lowest BCUT2D eigenvalue weighted by atomic mass is 10.1. The van der Waals surface area contributed by atoms with Crippen LogP contribution in [0.2, 0.25) is 0 Å². The van der Waals surface area contributed by atoms with Gasteiger partial charge in [-0.15, -0.1) is 11.3 Å². The summed E-state index contributed by atoms with van der Waals surface area (Å²) in [5.41, 5.74) is 2.32. The number of hydrogen-bond acceptors (Lipinski definition) is 5. The van der Waals surface area contributed by atoms with Gasteiger partial charge in [0.05, 0.1) is 12.2 Å². The summed E-state index contributed by atoms with van der Waals surface area (Å²) in [5, 5.41) is 7.54. The molecule has 2 aromatic rings. The first-order valence-corrected chi connectivity index (χ1v) is 8.31. The van der Waals surface area contributed by atoms with Gasteiger partial charge in [0.25, 0.3) is 0 Å². The highest BCUT2D eigenvalue weighted by molar-refractivity contribution is 7.16. The Morgan fingerprint density at radius 3 is 2.70 bits per heavy atom. The summed E-state index contributed by atoms with van der Waals surface area (Å²) in [7, 11) is 0. The minimum atomic E-state index is -0.396. The fraction of sp³-hybridized carbons (Fsp3) is 0.438. The van der Waals surface area contributed by atoms with Crippen molar-refractivity contribution in [3.05, 3.63) is 34.0 Å². The molecule has 0 aromatic carbocycles. The van der Waals surface area contributed by atoms with E-state index in [4.69, 9.17) is 4.74 Å². The van der Waals surface area contributed by atoms with Crippen LogP contribution in [0, 0.1) is 20.8 Å². The van der Waals surface area contributed by atoms with Gasteiger partial charge >= 0.3 is 5.97 Å². The number of aryl methyl sites for hydroxylation is 3. The Bertz CT molecular complexity index is 718. The maximum Gasteiger partial charge on any atom is 0.341 e. The molecule has 0 spiro atoms. The first kappa shape index (κ1) is 17.2. The number of rotatable bonds is 6. The average molecular weight is 335 g/mol. The van der Waals surface area contributed by atoms with E-state index in [0.717, 1.165) is 16.1 Å². The zero-order valence-corrected chi connectivity index (χ0v) is 14.6. The Labute approximate surface area is 139 Å². The van der Waals surface area contributed by atoms with Crippen molar-refractivity contribution in [2.45, 2.75) is 40.7 Å². The molecule has 0 aliphatic carbocycles. The summed E-state index contributed by atoms with van der Waals surface area (Å²) < 4.78 is 6.86. The Morgan fingerprint density at radius 1 is 1.35 bits per heavy atom. The van der Waals surface area contributed by atoms with E-state index in [0.29, 0.717) is 30.1 Å². The SMILES string of the molecule is CCOC(=O)c1c(NC(=O)CCn2nccc2C)sc(C)c1C. The van der Waals surface area contributed by atoms with Crippen molar-refractivity contribution < 1.29 is 14.3 Å². The van der Waals surface area contributed by atoms with E-state index in [1.165, 1.54) is 11.3 Å². The van der Waals surface area contributed by atoms with Crippen molar-refractivity contribution >= 4 is 28.2 Å². The zero-order chi connectivity index (χ0) is 17.0. The Hall–Kier alpha value is -2.15. The predicted octanol–water partition coefficient (Wildman–Crippen LogP) is 3.08. The molecule has 7 heteroatoms. The average Bonchev–Trinajstić information content (AvgIpc) is 3.01. The maximum atomic E-state index is 12.2. The zero-order valence-electron chi connectivity index (χ0n) is 13.8. The first-order valence-electron chi connectivity index (χ1n) is 7.49. The number of carbonyl (C=O) groups excluding carboxylic acids is 2. The Balaban J connectivity index is 2.07. The first-order chi connectivity index (χ1) is 10.9. The molecule has 0 saturated carbocycles. The van der Waals surface area contributed by atoms with Crippen LogP contribution in [-0.4, -0.2) is 28.3 Å². The van der Waals surface area contributed by atoms with Crippen LogP contribution in [0.4, 0.5) is 5.00 Å². The van der Waals surface area contributed by atoms with E-state index in [9.17, 15) is 9.59 Å². The van der Waals surface area contributed by atoms with Gasteiger partial charge in [-0.3, -0.25) is 9.48 Å². The van der Waals surface area contributed by atoms with Crippen LogP contribution < -0.4 is 5.32 Å². The second-order valence-electron chi connectivity index (χ2n) is 5.20. The quantitative estimate of drug-likeness (QED) is 0.823. The van der Waals surface area contributed by atoms with E-state index in [1.807, 2.05) is 26.8 Å². The predicted molar refractivity (Wildman–Crippen MR) is 90.0 cm³/mol. The van der Waals surface area contributed by atoms with Crippen molar-refractivity contribution in [2.24, 2.45) is 0 Å². The molecule has 0 bridgehead atoms. The molecule has 6 nitrogen and oxygen atoms in total. The molecule has 23 heavy (non-hydrogen) atoms. The van der Waals surface area contributed by atoms with Crippen LogP contribution in [0.1, 0.15) is 39.8 Å². The van der Waals surface area contributed by atoms with E-state index >= 15 is 0 Å². The largest absolute Gasteiger partial charge is 0.462 e. The molecule has 2 rings (SSSR count). The number of esters is 1. The molecule has 0 radical (unpaired) electrons. The molecule has 0 unspecified atom stereocenters. The summed E-state index contributed by atoms with van der Waals surface area (Å²) in [5.74, 6) is -0.542. The number of carbonyl (C=O) groups is 2. The second kappa shape index (κ2) is 7.41. The highest BCUT2D eigenvalue weighted by Crippen LogP contribution is 2.33. The number of nitrogens with zero attached hydrogens (tertiary/aromatic N) is 2. The minimum Gasteiger partial charge on any atom is -0.462 e. The van der Waals surface area contributed by atoms with E-state index in [1.54, 1.807) is 17.8 Å². The Morgan fingerprint density at radius 2 is 2.09 bits per heavy atom. The molecule has 1 amide bonds. The molecule has 0 saturated heterocycles. The third kappa shape index (κ3) is 3.98. The monoisotopic (exact) mass is 335 g/mol. The molecule has 0 fully saturated rings. The van der Waals surface area contributed by atoms with Gasteiger partial charge in [0.1, 0.15) is 5.00 Å². The number of aromatic nitrogens is 2. The van der Waals surface area contributed by atoms with Crippen LogP contribution in [0.15, 0.2) is 12.3 Å². The standard InChI is InChI=1S/C16H21N3O3S/c1-5-22-16(21)14-11(3)12(4)23-15(14)18-13(20)7-9-19-10(2)6-8-17-19/h6,8H,5,7,9H2,1-4H3,(H,18,20). The molecular weight excluding hydrogens is 314 g/mol. The van der Waals surface area contributed by atoms with Gasteiger partial charge in [0.15, 0.2) is 0 Å². The molecule has 0 aliphatic heterocycles. The normalized spacial score (nSPS) is 10.6. The van der Waals surface area contributed by atoms with Crippen LogP contribution in [-0.2, 0) is 16.1 Å². The van der Waals surface area contributed by atoms with E-state index in [-0.39, 0.29) is 5.91 Å². The lowest BCUT2D eigenvalue weighted by Crippen LogP contribution is -2.17.